The minimum atomic E-state index is 0.244. The molecular formula is C19H24N2O2S. The first-order valence-corrected chi connectivity index (χ1v) is 9.30. The Hall–Kier alpha value is -1.85. The molecule has 3 rings (SSSR count). The minimum Gasteiger partial charge on any atom is -0.492 e. The molecule has 0 atom stereocenters. The molecule has 1 aliphatic rings. The van der Waals surface area contributed by atoms with Crippen molar-refractivity contribution in [2.45, 2.75) is 13.3 Å². The third kappa shape index (κ3) is 4.82. The topological polar surface area (TPSA) is 32.8 Å². The van der Waals surface area contributed by atoms with E-state index in [1.165, 1.54) is 5.56 Å². The third-order valence-corrected chi connectivity index (χ3v) is 5.17. The highest BCUT2D eigenvalue weighted by Gasteiger charge is 2.21. The van der Waals surface area contributed by atoms with Gasteiger partial charge < -0.3 is 9.64 Å². The lowest BCUT2D eigenvalue weighted by molar-refractivity contribution is -0.132. The third-order valence-electron chi connectivity index (χ3n) is 4.30. The van der Waals surface area contributed by atoms with Crippen LogP contribution in [-0.4, -0.2) is 55.0 Å². The number of rotatable bonds is 6. The maximum absolute atomic E-state index is 12.3. The van der Waals surface area contributed by atoms with Gasteiger partial charge in [0.25, 0.3) is 0 Å². The van der Waals surface area contributed by atoms with Crippen LogP contribution in [0, 0.1) is 6.92 Å². The molecule has 0 N–H and O–H groups in total. The van der Waals surface area contributed by atoms with E-state index in [1.807, 2.05) is 34.5 Å². The monoisotopic (exact) mass is 344 g/mol. The quantitative estimate of drug-likeness (QED) is 0.808. The number of benzene rings is 1. The molecule has 5 heteroatoms. The average molecular weight is 344 g/mol. The summed E-state index contributed by atoms with van der Waals surface area (Å²) < 4.78 is 5.81. The highest BCUT2D eigenvalue weighted by Crippen LogP contribution is 2.13. The Morgan fingerprint density at radius 1 is 1.17 bits per heavy atom. The van der Waals surface area contributed by atoms with Crippen molar-refractivity contribution in [3.63, 3.8) is 0 Å². The van der Waals surface area contributed by atoms with Crippen LogP contribution in [0.2, 0.25) is 0 Å². The number of carbonyl (C=O) groups is 1. The molecule has 0 aliphatic carbocycles. The van der Waals surface area contributed by atoms with Gasteiger partial charge in [-0.25, -0.2) is 0 Å². The number of thiophene rings is 1. The van der Waals surface area contributed by atoms with Crippen molar-refractivity contribution in [3.05, 3.63) is 52.2 Å². The summed E-state index contributed by atoms with van der Waals surface area (Å²) >= 11 is 1.65. The van der Waals surface area contributed by atoms with E-state index in [0.29, 0.717) is 13.0 Å². The highest BCUT2D eigenvalue weighted by molar-refractivity contribution is 7.10. The number of aryl methyl sites for hydroxylation is 1. The standard InChI is InChI=1S/C19H24N2O2S/c1-16-4-2-5-17(14-16)23-12-11-20-7-9-21(10-8-20)19(22)15-18-6-3-13-24-18/h2-6,13-14H,7-12,15H2,1H3. The lowest BCUT2D eigenvalue weighted by Gasteiger charge is -2.34. The number of nitrogens with zero attached hydrogens (tertiary/aromatic N) is 2. The molecule has 0 unspecified atom stereocenters. The summed E-state index contributed by atoms with van der Waals surface area (Å²) in [6.07, 6.45) is 0.536. The number of ether oxygens (including phenoxy) is 1. The van der Waals surface area contributed by atoms with Crippen molar-refractivity contribution in [1.82, 2.24) is 9.80 Å². The van der Waals surface area contributed by atoms with Crippen molar-refractivity contribution in [3.8, 4) is 5.75 Å². The lowest BCUT2D eigenvalue weighted by Crippen LogP contribution is -2.49. The smallest absolute Gasteiger partial charge is 0.227 e. The Kier molecular flexibility index (Phi) is 5.88. The van der Waals surface area contributed by atoms with E-state index in [0.717, 1.165) is 43.4 Å². The van der Waals surface area contributed by atoms with Gasteiger partial charge in [-0.05, 0) is 36.1 Å². The summed E-state index contributed by atoms with van der Waals surface area (Å²) in [6.45, 7) is 7.14. The zero-order chi connectivity index (χ0) is 16.8. The van der Waals surface area contributed by atoms with Gasteiger partial charge in [-0.3, -0.25) is 9.69 Å². The van der Waals surface area contributed by atoms with Gasteiger partial charge in [-0.15, -0.1) is 11.3 Å². The molecule has 1 aliphatic heterocycles. The van der Waals surface area contributed by atoms with Gasteiger partial charge in [0.1, 0.15) is 12.4 Å². The first-order chi connectivity index (χ1) is 11.7. The van der Waals surface area contributed by atoms with Crippen LogP contribution in [0.3, 0.4) is 0 Å². The van der Waals surface area contributed by atoms with Crippen LogP contribution < -0.4 is 4.74 Å². The van der Waals surface area contributed by atoms with Crippen LogP contribution in [0.1, 0.15) is 10.4 Å². The second kappa shape index (κ2) is 8.31. The normalized spacial score (nSPS) is 15.5. The van der Waals surface area contributed by atoms with Crippen molar-refractivity contribution in [2.24, 2.45) is 0 Å². The van der Waals surface area contributed by atoms with Crippen LogP contribution in [0.5, 0.6) is 5.75 Å². The fraction of sp³-hybridized carbons (Fsp3) is 0.421. The molecule has 128 valence electrons. The Bertz CT molecular complexity index is 649. The second-order valence-electron chi connectivity index (χ2n) is 6.14. The van der Waals surface area contributed by atoms with Gasteiger partial charge in [-0.2, -0.15) is 0 Å². The minimum absolute atomic E-state index is 0.244. The predicted molar refractivity (Wildman–Crippen MR) is 97.7 cm³/mol. The molecule has 1 aromatic carbocycles. The van der Waals surface area contributed by atoms with Crippen molar-refractivity contribution in [1.29, 1.82) is 0 Å². The molecule has 2 aromatic rings. The van der Waals surface area contributed by atoms with Crippen LogP contribution in [0.25, 0.3) is 0 Å². The molecule has 1 fully saturated rings. The first kappa shape index (κ1) is 17.0. The Balaban J connectivity index is 1.36. The number of hydrogen-bond acceptors (Lipinski definition) is 4. The molecule has 0 saturated carbocycles. The molecule has 1 saturated heterocycles. The number of hydrogen-bond donors (Lipinski definition) is 0. The molecular weight excluding hydrogens is 320 g/mol. The van der Waals surface area contributed by atoms with E-state index in [9.17, 15) is 4.79 Å². The summed E-state index contributed by atoms with van der Waals surface area (Å²) in [6, 6.07) is 12.2. The molecule has 0 radical (unpaired) electrons. The molecule has 4 nitrogen and oxygen atoms in total. The van der Waals surface area contributed by atoms with Crippen LogP contribution in [0.15, 0.2) is 41.8 Å². The fourth-order valence-corrected chi connectivity index (χ4v) is 3.59. The van der Waals surface area contributed by atoms with Crippen LogP contribution in [-0.2, 0) is 11.2 Å². The summed E-state index contributed by atoms with van der Waals surface area (Å²) in [5, 5.41) is 2.02. The Labute approximate surface area is 147 Å². The van der Waals surface area contributed by atoms with E-state index in [1.54, 1.807) is 11.3 Å². The van der Waals surface area contributed by atoms with Gasteiger partial charge in [0.15, 0.2) is 0 Å². The van der Waals surface area contributed by atoms with E-state index in [-0.39, 0.29) is 5.91 Å². The van der Waals surface area contributed by atoms with E-state index in [2.05, 4.69) is 24.0 Å². The van der Waals surface area contributed by atoms with E-state index < -0.39 is 0 Å². The number of carbonyl (C=O) groups excluding carboxylic acids is 1. The summed E-state index contributed by atoms with van der Waals surface area (Å²) in [5.74, 6) is 1.17. The number of amides is 1. The van der Waals surface area contributed by atoms with Gasteiger partial charge in [0, 0.05) is 37.6 Å². The maximum atomic E-state index is 12.3. The Morgan fingerprint density at radius 3 is 2.71 bits per heavy atom. The van der Waals surface area contributed by atoms with Gasteiger partial charge in [0.2, 0.25) is 5.91 Å². The summed E-state index contributed by atoms with van der Waals surface area (Å²) in [4.78, 5) is 17.8. The molecule has 1 amide bonds. The fourth-order valence-electron chi connectivity index (χ4n) is 2.89. The summed E-state index contributed by atoms with van der Waals surface area (Å²) in [5.41, 5.74) is 1.21. The molecule has 0 spiro atoms. The molecule has 2 heterocycles. The van der Waals surface area contributed by atoms with Crippen molar-refractivity contribution >= 4 is 17.2 Å². The lowest BCUT2D eigenvalue weighted by atomic mass is 10.2. The molecule has 1 aromatic heterocycles. The molecule has 24 heavy (non-hydrogen) atoms. The Morgan fingerprint density at radius 2 is 2.00 bits per heavy atom. The molecule has 0 bridgehead atoms. The average Bonchev–Trinajstić information content (AvgIpc) is 3.08. The second-order valence-corrected chi connectivity index (χ2v) is 7.18. The SMILES string of the molecule is Cc1cccc(OCCN2CCN(C(=O)Cc3cccs3)CC2)c1. The van der Waals surface area contributed by atoms with Gasteiger partial charge >= 0.3 is 0 Å². The van der Waals surface area contributed by atoms with Crippen LogP contribution >= 0.6 is 11.3 Å². The highest BCUT2D eigenvalue weighted by atomic mass is 32.1. The zero-order valence-corrected chi connectivity index (χ0v) is 14.9. The van der Waals surface area contributed by atoms with Gasteiger partial charge in [0.05, 0.1) is 6.42 Å². The van der Waals surface area contributed by atoms with Crippen molar-refractivity contribution < 1.29 is 9.53 Å². The summed E-state index contributed by atoms with van der Waals surface area (Å²) in [7, 11) is 0. The largest absolute Gasteiger partial charge is 0.492 e. The van der Waals surface area contributed by atoms with Crippen LogP contribution in [0.4, 0.5) is 0 Å². The van der Waals surface area contributed by atoms with Crippen molar-refractivity contribution in [2.75, 3.05) is 39.3 Å². The predicted octanol–water partition coefficient (Wildman–Crippen LogP) is 2.82. The maximum Gasteiger partial charge on any atom is 0.227 e. The van der Waals surface area contributed by atoms with E-state index >= 15 is 0 Å². The number of piperazine rings is 1. The van der Waals surface area contributed by atoms with Gasteiger partial charge in [-0.1, -0.05) is 18.2 Å². The first-order valence-electron chi connectivity index (χ1n) is 8.43. The van der Waals surface area contributed by atoms with E-state index in [4.69, 9.17) is 4.74 Å². The zero-order valence-electron chi connectivity index (χ0n) is 14.1.